The van der Waals surface area contributed by atoms with E-state index < -0.39 is 15.8 Å². The third-order valence-corrected chi connectivity index (χ3v) is 2.92. The van der Waals surface area contributed by atoms with Gasteiger partial charge in [0.05, 0.1) is 10.5 Å². The predicted octanol–water partition coefficient (Wildman–Crippen LogP) is 1.08. The fourth-order valence-corrected chi connectivity index (χ4v) is 1.97. The first kappa shape index (κ1) is 11.1. The first-order chi connectivity index (χ1) is 6.30. The maximum absolute atomic E-state index is 11.1. The van der Waals surface area contributed by atoms with Crippen molar-refractivity contribution in [3.63, 3.8) is 0 Å². The van der Waals surface area contributed by atoms with Crippen LogP contribution in [-0.4, -0.2) is 25.7 Å². The minimum absolute atomic E-state index is 0.0394. The van der Waals surface area contributed by atoms with Crippen LogP contribution in [0.3, 0.4) is 0 Å². The average molecular weight is 232 g/mol. The van der Waals surface area contributed by atoms with E-state index in [1.807, 2.05) is 0 Å². The highest BCUT2D eigenvalue weighted by molar-refractivity contribution is 7.90. The summed E-state index contributed by atoms with van der Waals surface area (Å²) < 4.78 is 22.3. The highest BCUT2D eigenvalue weighted by atomic mass is 32.2. The number of aromatic carboxylic acids is 1. The van der Waals surface area contributed by atoms with Gasteiger partial charge in [-0.3, -0.25) is 0 Å². The van der Waals surface area contributed by atoms with Crippen LogP contribution in [0.2, 0.25) is 0 Å². The van der Waals surface area contributed by atoms with Crippen molar-refractivity contribution in [2.24, 2.45) is 0 Å². The van der Waals surface area contributed by atoms with Crippen LogP contribution in [0.25, 0.3) is 0 Å². The van der Waals surface area contributed by atoms with Crippen LogP contribution < -0.4 is 0 Å². The third-order valence-electron chi connectivity index (χ3n) is 1.57. The Morgan fingerprint density at radius 1 is 1.36 bits per heavy atom. The molecular weight excluding hydrogens is 224 g/mol. The summed E-state index contributed by atoms with van der Waals surface area (Å²) in [5.41, 5.74) is -0.0853. The van der Waals surface area contributed by atoms with Crippen LogP contribution in [-0.2, 0) is 9.84 Å². The lowest BCUT2D eigenvalue weighted by molar-refractivity contribution is 0.0696. The molecule has 1 aromatic carbocycles. The number of carboxylic acid groups (broad SMARTS) is 1. The van der Waals surface area contributed by atoms with Crippen LogP contribution in [0.1, 0.15) is 10.4 Å². The molecule has 0 aliphatic carbocycles. The Morgan fingerprint density at radius 2 is 1.93 bits per heavy atom. The molecule has 0 amide bonds. The Hall–Kier alpha value is -1.01. The molecular formula is C8H8O4S2. The highest BCUT2D eigenvalue weighted by Crippen LogP contribution is 2.17. The molecule has 6 heteroatoms. The van der Waals surface area contributed by atoms with Gasteiger partial charge in [0, 0.05) is 11.2 Å². The van der Waals surface area contributed by atoms with E-state index in [4.69, 9.17) is 5.11 Å². The van der Waals surface area contributed by atoms with Gasteiger partial charge in [-0.25, -0.2) is 13.2 Å². The molecule has 0 radical (unpaired) electrons. The Morgan fingerprint density at radius 3 is 2.36 bits per heavy atom. The largest absolute Gasteiger partial charge is 0.478 e. The normalized spacial score (nSPS) is 11.3. The van der Waals surface area contributed by atoms with Gasteiger partial charge in [-0.05, 0) is 18.2 Å². The number of rotatable bonds is 2. The van der Waals surface area contributed by atoms with Gasteiger partial charge in [0.25, 0.3) is 0 Å². The number of carboxylic acids is 1. The summed E-state index contributed by atoms with van der Waals surface area (Å²) in [6, 6.07) is 3.71. The number of hydrogen-bond donors (Lipinski definition) is 2. The van der Waals surface area contributed by atoms with Crippen molar-refractivity contribution in [2.45, 2.75) is 9.79 Å². The molecule has 14 heavy (non-hydrogen) atoms. The first-order valence-electron chi connectivity index (χ1n) is 3.58. The molecule has 1 rings (SSSR count). The van der Waals surface area contributed by atoms with Crippen molar-refractivity contribution < 1.29 is 18.3 Å². The quantitative estimate of drug-likeness (QED) is 0.748. The lowest BCUT2D eigenvalue weighted by atomic mass is 10.2. The van der Waals surface area contributed by atoms with Gasteiger partial charge in [-0.15, -0.1) is 12.6 Å². The van der Waals surface area contributed by atoms with Crippen molar-refractivity contribution in [3.8, 4) is 0 Å². The molecule has 0 saturated heterocycles. The van der Waals surface area contributed by atoms with E-state index >= 15 is 0 Å². The SMILES string of the molecule is CS(=O)(=O)c1cc(S)cc(C(=O)O)c1. The molecule has 1 aromatic rings. The van der Waals surface area contributed by atoms with Gasteiger partial charge >= 0.3 is 5.97 Å². The molecule has 0 aromatic heterocycles. The maximum atomic E-state index is 11.1. The van der Waals surface area contributed by atoms with Gasteiger partial charge in [-0.2, -0.15) is 0 Å². The van der Waals surface area contributed by atoms with Crippen LogP contribution in [0.15, 0.2) is 28.0 Å². The molecule has 0 atom stereocenters. The minimum atomic E-state index is -3.39. The Bertz CT molecular complexity index is 476. The summed E-state index contributed by atoms with van der Waals surface area (Å²) in [7, 11) is -3.39. The fourth-order valence-electron chi connectivity index (χ4n) is 0.921. The molecule has 0 unspecified atom stereocenters. The molecule has 0 saturated carbocycles. The lowest BCUT2D eigenvalue weighted by Gasteiger charge is -2.01. The summed E-state index contributed by atoms with van der Waals surface area (Å²) in [4.78, 5) is 10.9. The zero-order valence-electron chi connectivity index (χ0n) is 7.26. The van der Waals surface area contributed by atoms with E-state index in [0.717, 1.165) is 12.3 Å². The van der Waals surface area contributed by atoms with Crippen molar-refractivity contribution >= 4 is 28.4 Å². The van der Waals surface area contributed by atoms with Crippen LogP contribution in [0.4, 0.5) is 0 Å². The summed E-state index contributed by atoms with van der Waals surface area (Å²) in [5, 5.41) is 8.67. The Labute approximate surface area is 86.9 Å². The van der Waals surface area contributed by atoms with Crippen molar-refractivity contribution in [1.82, 2.24) is 0 Å². The van der Waals surface area contributed by atoms with Crippen LogP contribution >= 0.6 is 12.6 Å². The van der Waals surface area contributed by atoms with Crippen molar-refractivity contribution in [3.05, 3.63) is 23.8 Å². The molecule has 76 valence electrons. The monoisotopic (exact) mass is 232 g/mol. The maximum Gasteiger partial charge on any atom is 0.335 e. The van der Waals surface area contributed by atoms with E-state index in [1.54, 1.807) is 0 Å². The zero-order chi connectivity index (χ0) is 10.9. The summed E-state index contributed by atoms with van der Waals surface area (Å²) >= 11 is 3.92. The molecule has 0 bridgehead atoms. The van der Waals surface area contributed by atoms with E-state index in [2.05, 4.69) is 12.6 Å². The van der Waals surface area contributed by atoms with Crippen LogP contribution in [0, 0.1) is 0 Å². The molecule has 0 aliphatic heterocycles. The smallest absolute Gasteiger partial charge is 0.335 e. The summed E-state index contributed by atoms with van der Waals surface area (Å²) in [6.07, 6.45) is 1.02. The number of carbonyl (C=O) groups is 1. The van der Waals surface area contributed by atoms with Gasteiger partial charge in [0.2, 0.25) is 0 Å². The Balaban J connectivity index is 3.43. The fraction of sp³-hybridized carbons (Fsp3) is 0.125. The van der Waals surface area contributed by atoms with E-state index in [1.165, 1.54) is 12.1 Å². The second-order valence-corrected chi connectivity index (χ2v) is 5.33. The van der Waals surface area contributed by atoms with E-state index in [-0.39, 0.29) is 10.5 Å². The molecule has 0 fully saturated rings. The van der Waals surface area contributed by atoms with Gasteiger partial charge in [0.15, 0.2) is 9.84 Å². The van der Waals surface area contributed by atoms with E-state index in [9.17, 15) is 13.2 Å². The molecule has 0 heterocycles. The molecule has 1 N–H and O–H groups in total. The summed E-state index contributed by atoms with van der Waals surface area (Å²) in [6.45, 7) is 0. The number of benzene rings is 1. The van der Waals surface area contributed by atoms with E-state index in [0.29, 0.717) is 4.90 Å². The topological polar surface area (TPSA) is 71.4 Å². The molecule has 0 spiro atoms. The minimum Gasteiger partial charge on any atom is -0.478 e. The number of sulfone groups is 1. The van der Waals surface area contributed by atoms with Gasteiger partial charge < -0.3 is 5.11 Å². The highest BCUT2D eigenvalue weighted by Gasteiger charge is 2.12. The average Bonchev–Trinajstić information content (AvgIpc) is 2.01. The predicted molar refractivity (Wildman–Crippen MR) is 53.8 cm³/mol. The lowest BCUT2D eigenvalue weighted by Crippen LogP contribution is -2.02. The third kappa shape index (κ3) is 2.49. The number of hydrogen-bond acceptors (Lipinski definition) is 4. The summed E-state index contributed by atoms with van der Waals surface area (Å²) in [5.74, 6) is -1.18. The van der Waals surface area contributed by atoms with Crippen molar-refractivity contribution in [2.75, 3.05) is 6.26 Å². The second-order valence-electron chi connectivity index (χ2n) is 2.79. The molecule has 0 aliphatic rings. The Kier molecular flexibility index (Phi) is 2.86. The van der Waals surface area contributed by atoms with Crippen LogP contribution in [0.5, 0.6) is 0 Å². The number of thiol groups is 1. The van der Waals surface area contributed by atoms with Crippen molar-refractivity contribution in [1.29, 1.82) is 0 Å². The zero-order valence-corrected chi connectivity index (χ0v) is 8.97. The standard InChI is InChI=1S/C8H8O4S2/c1-14(11,12)7-3-5(8(9)10)2-6(13)4-7/h2-4,13H,1H3,(H,9,10). The second kappa shape index (κ2) is 3.62. The molecule has 4 nitrogen and oxygen atoms in total. The first-order valence-corrected chi connectivity index (χ1v) is 5.92. The van der Waals surface area contributed by atoms with Gasteiger partial charge in [0.1, 0.15) is 0 Å². The van der Waals surface area contributed by atoms with Gasteiger partial charge in [-0.1, -0.05) is 0 Å².